The number of hydrogen-bond acceptors (Lipinski definition) is 4. The fraction of sp³-hybridized carbons (Fsp3) is 0.562. The summed E-state index contributed by atoms with van der Waals surface area (Å²) in [5, 5.41) is 0. The highest BCUT2D eigenvalue weighted by Gasteiger charge is 2.25. The van der Waals surface area contributed by atoms with Crippen LogP contribution in [0.3, 0.4) is 0 Å². The molecule has 1 unspecified atom stereocenters. The quantitative estimate of drug-likeness (QED) is 0.776. The van der Waals surface area contributed by atoms with E-state index < -0.39 is 0 Å². The normalized spacial score (nSPS) is 19.6. The molecule has 110 valence electrons. The number of ether oxygens (including phenoxy) is 2. The van der Waals surface area contributed by atoms with Crippen LogP contribution in [0.25, 0.3) is 0 Å². The number of benzene rings is 1. The summed E-state index contributed by atoms with van der Waals surface area (Å²) in [5.74, 6) is 0.761. The summed E-state index contributed by atoms with van der Waals surface area (Å²) < 4.78 is 10.1. The zero-order chi connectivity index (χ0) is 14.4. The van der Waals surface area contributed by atoms with Crippen molar-refractivity contribution >= 4 is 5.97 Å². The van der Waals surface area contributed by atoms with Gasteiger partial charge in [-0.3, -0.25) is 9.69 Å². The van der Waals surface area contributed by atoms with Gasteiger partial charge >= 0.3 is 5.97 Å². The second-order valence-corrected chi connectivity index (χ2v) is 5.25. The first-order valence-electron chi connectivity index (χ1n) is 7.16. The Balaban J connectivity index is 2.02. The van der Waals surface area contributed by atoms with Crippen LogP contribution in [0, 0.1) is 0 Å². The van der Waals surface area contributed by atoms with Gasteiger partial charge in [0.05, 0.1) is 20.6 Å². The predicted octanol–water partition coefficient (Wildman–Crippen LogP) is 2.61. The van der Waals surface area contributed by atoms with E-state index in [-0.39, 0.29) is 5.97 Å². The van der Waals surface area contributed by atoms with Crippen LogP contribution in [0.4, 0.5) is 0 Å². The van der Waals surface area contributed by atoms with E-state index in [9.17, 15) is 4.79 Å². The van der Waals surface area contributed by atoms with Gasteiger partial charge in [0.2, 0.25) is 0 Å². The number of piperidine rings is 1. The summed E-state index contributed by atoms with van der Waals surface area (Å²) in [6.45, 7) is 1.90. The minimum atomic E-state index is -0.118. The van der Waals surface area contributed by atoms with Crippen LogP contribution in [0.15, 0.2) is 24.3 Å². The van der Waals surface area contributed by atoms with Gasteiger partial charge in [-0.2, -0.15) is 0 Å². The average molecular weight is 277 g/mol. The molecule has 0 bridgehead atoms. The lowest BCUT2D eigenvalue weighted by molar-refractivity contribution is -0.142. The molecule has 0 amide bonds. The fourth-order valence-corrected chi connectivity index (χ4v) is 2.78. The Morgan fingerprint density at radius 2 is 2.20 bits per heavy atom. The largest absolute Gasteiger partial charge is 0.497 e. The van der Waals surface area contributed by atoms with E-state index in [1.165, 1.54) is 25.5 Å². The molecule has 0 aliphatic carbocycles. The van der Waals surface area contributed by atoms with Crippen molar-refractivity contribution in [3.05, 3.63) is 29.8 Å². The minimum Gasteiger partial charge on any atom is -0.497 e. The molecule has 1 heterocycles. The number of carbonyl (C=O) groups is 1. The molecule has 20 heavy (non-hydrogen) atoms. The van der Waals surface area contributed by atoms with Crippen molar-refractivity contribution in [3.8, 4) is 5.75 Å². The van der Waals surface area contributed by atoms with Crippen LogP contribution in [0.1, 0.15) is 31.2 Å². The van der Waals surface area contributed by atoms with Gasteiger partial charge in [-0.1, -0.05) is 18.6 Å². The number of rotatable bonds is 5. The molecule has 0 spiro atoms. The molecule has 4 nitrogen and oxygen atoms in total. The maximum Gasteiger partial charge on any atom is 0.307 e. The highest BCUT2D eigenvalue weighted by molar-refractivity contribution is 5.69. The Hall–Kier alpha value is -1.55. The van der Waals surface area contributed by atoms with Gasteiger partial charge in [0, 0.05) is 12.6 Å². The van der Waals surface area contributed by atoms with Crippen LogP contribution in [-0.4, -0.2) is 37.7 Å². The van der Waals surface area contributed by atoms with Gasteiger partial charge in [-0.25, -0.2) is 0 Å². The first kappa shape index (κ1) is 14.9. The van der Waals surface area contributed by atoms with Crippen molar-refractivity contribution in [2.45, 2.75) is 38.3 Å². The summed E-state index contributed by atoms with van der Waals surface area (Å²) >= 11 is 0. The van der Waals surface area contributed by atoms with Gasteiger partial charge in [0.25, 0.3) is 0 Å². The summed E-state index contributed by atoms with van der Waals surface area (Å²) in [6, 6.07) is 8.41. The smallest absolute Gasteiger partial charge is 0.307 e. The molecule has 4 heteroatoms. The maximum atomic E-state index is 11.5. The Bertz CT molecular complexity index is 447. The standard InChI is InChI=1S/C16H23NO3/c1-19-15-8-5-6-13(10-15)12-17-9-4-3-7-14(17)11-16(18)20-2/h5-6,8,10,14H,3-4,7,9,11-12H2,1-2H3. The van der Waals surface area contributed by atoms with E-state index in [2.05, 4.69) is 17.0 Å². The SMILES string of the molecule is COC(=O)CC1CCCCN1Cc1cccc(OC)c1. The summed E-state index contributed by atoms with van der Waals surface area (Å²) in [4.78, 5) is 13.9. The van der Waals surface area contributed by atoms with Crippen molar-refractivity contribution in [2.24, 2.45) is 0 Å². The molecule has 0 N–H and O–H groups in total. The highest BCUT2D eigenvalue weighted by atomic mass is 16.5. The molecule has 1 aliphatic heterocycles. The van der Waals surface area contributed by atoms with Gasteiger partial charge in [-0.15, -0.1) is 0 Å². The zero-order valence-electron chi connectivity index (χ0n) is 12.3. The Kier molecular flexibility index (Phi) is 5.41. The third-order valence-electron chi connectivity index (χ3n) is 3.90. The number of esters is 1. The lowest BCUT2D eigenvalue weighted by Gasteiger charge is -2.35. The lowest BCUT2D eigenvalue weighted by Crippen LogP contribution is -2.40. The Morgan fingerprint density at radius 3 is 2.95 bits per heavy atom. The van der Waals surface area contributed by atoms with Crippen LogP contribution >= 0.6 is 0 Å². The molecule has 1 aromatic carbocycles. The second-order valence-electron chi connectivity index (χ2n) is 5.25. The molecule has 1 saturated heterocycles. The Labute approximate surface area is 120 Å². The molecule has 1 aliphatic rings. The van der Waals surface area contributed by atoms with Crippen LogP contribution < -0.4 is 4.74 Å². The van der Waals surface area contributed by atoms with Gasteiger partial charge in [0.15, 0.2) is 0 Å². The number of hydrogen-bond donors (Lipinski definition) is 0. The van der Waals surface area contributed by atoms with Crippen LogP contribution in [0.5, 0.6) is 5.75 Å². The molecule has 2 rings (SSSR count). The van der Waals surface area contributed by atoms with Crippen LogP contribution in [-0.2, 0) is 16.1 Å². The topological polar surface area (TPSA) is 38.8 Å². The molecule has 0 saturated carbocycles. The third-order valence-corrected chi connectivity index (χ3v) is 3.90. The minimum absolute atomic E-state index is 0.118. The summed E-state index contributed by atoms with van der Waals surface area (Å²) in [7, 11) is 3.14. The van der Waals surface area contributed by atoms with Gasteiger partial charge in [-0.05, 0) is 37.1 Å². The van der Waals surface area contributed by atoms with Crippen molar-refractivity contribution in [1.29, 1.82) is 0 Å². The second kappa shape index (κ2) is 7.29. The monoisotopic (exact) mass is 277 g/mol. The van der Waals surface area contributed by atoms with Crippen molar-refractivity contribution in [3.63, 3.8) is 0 Å². The van der Waals surface area contributed by atoms with Crippen molar-refractivity contribution < 1.29 is 14.3 Å². The van der Waals surface area contributed by atoms with E-state index >= 15 is 0 Å². The highest BCUT2D eigenvalue weighted by Crippen LogP contribution is 2.23. The maximum absolute atomic E-state index is 11.5. The molecular formula is C16H23NO3. The van der Waals surface area contributed by atoms with E-state index in [0.717, 1.165) is 25.3 Å². The first-order chi connectivity index (χ1) is 9.72. The fourth-order valence-electron chi connectivity index (χ4n) is 2.78. The average Bonchev–Trinajstić information content (AvgIpc) is 2.49. The summed E-state index contributed by atoms with van der Waals surface area (Å²) in [5.41, 5.74) is 1.22. The zero-order valence-corrected chi connectivity index (χ0v) is 12.3. The number of methoxy groups -OCH3 is 2. The molecular weight excluding hydrogens is 254 g/mol. The van der Waals surface area contributed by atoms with Crippen molar-refractivity contribution in [2.75, 3.05) is 20.8 Å². The number of likely N-dealkylation sites (tertiary alicyclic amines) is 1. The number of nitrogens with zero attached hydrogens (tertiary/aromatic N) is 1. The molecule has 0 aromatic heterocycles. The molecule has 1 atom stereocenters. The number of carbonyl (C=O) groups excluding carboxylic acids is 1. The predicted molar refractivity (Wildman–Crippen MR) is 77.7 cm³/mol. The van der Waals surface area contributed by atoms with E-state index in [0.29, 0.717) is 12.5 Å². The van der Waals surface area contributed by atoms with Gasteiger partial charge < -0.3 is 9.47 Å². The summed E-state index contributed by atoms with van der Waals surface area (Å²) in [6.07, 6.45) is 3.94. The Morgan fingerprint density at radius 1 is 1.35 bits per heavy atom. The van der Waals surface area contributed by atoms with E-state index in [1.807, 2.05) is 12.1 Å². The third kappa shape index (κ3) is 3.97. The molecule has 1 aromatic rings. The van der Waals surface area contributed by atoms with Crippen molar-refractivity contribution in [1.82, 2.24) is 4.90 Å². The van der Waals surface area contributed by atoms with E-state index in [4.69, 9.17) is 9.47 Å². The van der Waals surface area contributed by atoms with Crippen LogP contribution in [0.2, 0.25) is 0 Å². The first-order valence-corrected chi connectivity index (χ1v) is 7.16. The molecule has 1 fully saturated rings. The van der Waals surface area contributed by atoms with Gasteiger partial charge in [0.1, 0.15) is 5.75 Å². The van der Waals surface area contributed by atoms with E-state index in [1.54, 1.807) is 7.11 Å². The molecule has 0 radical (unpaired) electrons. The lowest BCUT2D eigenvalue weighted by atomic mass is 9.98.